The fourth-order valence-corrected chi connectivity index (χ4v) is 4.16. The molecule has 2 saturated carbocycles. The quantitative estimate of drug-likeness (QED) is 0.482. The molecule has 0 aromatic heterocycles. The number of carbonyl (C=O) groups excluding carboxylic acids is 2. The van der Waals surface area contributed by atoms with Crippen molar-refractivity contribution in [1.82, 2.24) is 4.90 Å². The lowest BCUT2D eigenvalue weighted by Gasteiger charge is -2.29. The number of rotatable bonds is 8. The van der Waals surface area contributed by atoms with E-state index in [1.54, 1.807) is 4.90 Å². The van der Waals surface area contributed by atoms with Gasteiger partial charge in [-0.25, -0.2) is 14.4 Å². The van der Waals surface area contributed by atoms with Crippen LogP contribution in [-0.4, -0.2) is 46.3 Å². The molecule has 0 aliphatic heterocycles. The van der Waals surface area contributed by atoms with E-state index in [9.17, 15) is 19.6 Å². The molecule has 2 N–H and O–H groups in total. The van der Waals surface area contributed by atoms with Crippen molar-refractivity contribution >= 4 is 23.8 Å². The van der Waals surface area contributed by atoms with Crippen LogP contribution < -0.4 is 5.32 Å². The van der Waals surface area contributed by atoms with E-state index in [0.29, 0.717) is 12.2 Å². The maximum Gasteiger partial charge on any atom is 0.411 e. The summed E-state index contributed by atoms with van der Waals surface area (Å²) in [6.07, 6.45) is 1.38. The number of amides is 2. The summed E-state index contributed by atoms with van der Waals surface area (Å²) in [6.45, 7) is 5.96. The molecular weight excluding hydrogens is 474 g/mol. The van der Waals surface area contributed by atoms with Gasteiger partial charge in [-0.3, -0.25) is 5.32 Å². The largest absolute Gasteiger partial charge is 0.478 e. The van der Waals surface area contributed by atoms with Crippen LogP contribution in [-0.2, 0) is 16.1 Å². The molecule has 0 bridgehead atoms. The number of aromatic carboxylic acids is 1. The average Bonchev–Trinajstić information content (AvgIpc) is 3.77. The molecule has 2 aliphatic carbocycles. The molecule has 0 heterocycles. The number of benzene rings is 2. The van der Waals surface area contributed by atoms with E-state index in [2.05, 4.69) is 11.4 Å². The van der Waals surface area contributed by atoms with Gasteiger partial charge in [0, 0.05) is 24.2 Å². The highest BCUT2D eigenvalue weighted by atomic mass is 16.6. The molecule has 2 aliphatic rings. The van der Waals surface area contributed by atoms with Crippen molar-refractivity contribution < 1.29 is 29.0 Å². The maximum absolute atomic E-state index is 12.9. The Morgan fingerprint density at radius 1 is 1.11 bits per heavy atom. The van der Waals surface area contributed by atoms with Gasteiger partial charge in [0.2, 0.25) is 0 Å². The maximum atomic E-state index is 12.9. The van der Waals surface area contributed by atoms with Gasteiger partial charge in [0.05, 0.1) is 17.0 Å². The number of hydrogen-bond donors (Lipinski definition) is 2. The van der Waals surface area contributed by atoms with Crippen LogP contribution in [0.3, 0.4) is 0 Å². The van der Waals surface area contributed by atoms with Gasteiger partial charge in [-0.1, -0.05) is 24.3 Å². The Hall–Kier alpha value is -4.06. The van der Waals surface area contributed by atoms with Crippen LogP contribution >= 0.6 is 0 Å². The van der Waals surface area contributed by atoms with Gasteiger partial charge in [0.1, 0.15) is 12.2 Å². The zero-order chi connectivity index (χ0) is 26.8. The Bertz CT molecular complexity index is 1210. The van der Waals surface area contributed by atoms with Gasteiger partial charge in [-0.2, -0.15) is 5.26 Å². The number of carboxylic acids is 1. The highest BCUT2D eigenvalue weighted by molar-refractivity contribution is 5.89. The third-order valence-corrected chi connectivity index (χ3v) is 6.50. The highest BCUT2D eigenvalue weighted by Gasteiger charge is 2.52. The topological polar surface area (TPSA) is 129 Å². The predicted molar refractivity (Wildman–Crippen MR) is 135 cm³/mol. The van der Waals surface area contributed by atoms with Crippen LogP contribution in [0.1, 0.15) is 67.4 Å². The number of carboxylic acid groups (broad SMARTS) is 1. The number of nitrogens with zero attached hydrogens (tertiary/aromatic N) is 2. The second-order valence-electron chi connectivity index (χ2n) is 10.7. The molecule has 0 saturated heterocycles. The summed E-state index contributed by atoms with van der Waals surface area (Å²) in [5, 5.41) is 21.1. The summed E-state index contributed by atoms with van der Waals surface area (Å²) in [5.41, 5.74) is 1.38. The molecule has 4 rings (SSSR count). The number of hydrogen-bond acceptors (Lipinski definition) is 6. The summed E-state index contributed by atoms with van der Waals surface area (Å²) in [5.74, 6) is -0.879. The molecule has 194 valence electrons. The second kappa shape index (κ2) is 10.1. The number of ether oxygens (including phenoxy) is 2. The van der Waals surface area contributed by atoms with Crippen LogP contribution in [0.2, 0.25) is 0 Å². The van der Waals surface area contributed by atoms with E-state index in [4.69, 9.17) is 14.6 Å². The van der Waals surface area contributed by atoms with Crippen LogP contribution in [0.15, 0.2) is 48.5 Å². The zero-order valence-corrected chi connectivity index (χ0v) is 21.2. The summed E-state index contributed by atoms with van der Waals surface area (Å²) < 4.78 is 10.9. The fraction of sp³-hybridized carbons (Fsp3) is 0.429. The third kappa shape index (κ3) is 6.79. The van der Waals surface area contributed by atoms with E-state index < -0.39 is 23.1 Å². The van der Waals surface area contributed by atoms with E-state index in [0.717, 1.165) is 30.4 Å². The highest BCUT2D eigenvalue weighted by Crippen LogP contribution is 2.51. The minimum atomic E-state index is -1.04. The third-order valence-electron chi connectivity index (χ3n) is 6.50. The minimum absolute atomic E-state index is 0.0129. The Morgan fingerprint density at radius 2 is 1.76 bits per heavy atom. The molecule has 2 aromatic rings. The molecule has 0 spiro atoms. The van der Waals surface area contributed by atoms with Gasteiger partial charge in [0.15, 0.2) is 0 Å². The lowest BCUT2D eigenvalue weighted by molar-refractivity contribution is 0.0204. The van der Waals surface area contributed by atoms with E-state index in [1.807, 2.05) is 45.0 Å². The van der Waals surface area contributed by atoms with Crippen molar-refractivity contribution in [2.45, 2.75) is 64.2 Å². The van der Waals surface area contributed by atoms with Crippen molar-refractivity contribution in [2.75, 3.05) is 11.9 Å². The Kier molecular flexibility index (Phi) is 7.12. The van der Waals surface area contributed by atoms with Gasteiger partial charge < -0.3 is 19.5 Å². The summed E-state index contributed by atoms with van der Waals surface area (Å²) in [6, 6.07) is 15.8. The smallest absolute Gasteiger partial charge is 0.411 e. The molecule has 0 unspecified atom stereocenters. The Labute approximate surface area is 216 Å². The molecule has 0 radical (unpaired) electrons. The monoisotopic (exact) mass is 505 g/mol. The van der Waals surface area contributed by atoms with Crippen LogP contribution in [0, 0.1) is 16.7 Å². The van der Waals surface area contributed by atoms with Crippen molar-refractivity contribution in [3.63, 3.8) is 0 Å². The molecule has 37 heavy (non-hydrogen) atoms. The summed E-state index contributed by atoms with van der Waals surface area (Å²) in [4.78, 5) is 37.7. The summed E-state index contributed by atoms with van der Waals surface area (Å²) >= 11 is 0. The molecule has 2 amide bonds. The van der Waals surface area contributed by atoms with Crippen LogP contribution in [0.5, 0.6) is 0 Å². The lowest BCUT2D eigenvalue weighted by atomic mass is 10.1. The normalized spacial score (nSPS) is 19.2. The van der Waals surface area contributed by atoms with Crippen molar-refractivity contribution in [3.8, 4) is 6.07 Å². The molecule has 2 atom stereocenters. The standard InChI is InChI=1S/C28H31N3O6/c1-27(2,3)37-26(35)31(17-28(16-29)12-13-28)23-14-22(23)19-6-4-18(5-7-19)15-36-25(34)30-21-10-8-20(9-11-21)24(32)33/h4-11,22-23H,12-15,17H2,1-3H3,(H,30,34)(H,32,33)/t22-,23+/m0/s1. The van der Waals surface area contributed by atoms with E-state index >= 15 is 0 Å². The fourth-order valence-electron chi connectivity index (χ4n) is 4.16. The van der Waals surface area contributed by atoms with Crippen molar-refractivity contribution in [1.29, 1.82) is 5.26 Å². The Morgan fingerprint density at radius 3 is 2.30 bits per heavy atom. The molecule has 2 aromatic carbocycles. The first-order chi connectivity index (χ1) is 17.5. The first kappa shape index (κ1) is 26.0. The number of nitrogens with one attached hydrogen (secondary N) is 1. The first-order valence-corrected chi connectivity index (χ1v) is 12.3. The van der Waals surface area contributed by atoms with Crippen molar-refractivity contribution in [3.05, 3.63) is 65.2 Å². The van der Waals surface area contributed by atoms with Crippen LogP contribution in [0.4, 0.5) is 15.3 Å². The average molecular weight is 506 g/mol. The van der Waals surface area contributed by atoms with E-state index in [-0.39, 0.29) is 30.2 Å². The SMILES string of the molecule is CC(C)(C)OC(=O)N(CC1(C#N)CC1)[C@@H]1C[C@H]1c1ccc(COC(=O)Nc2ccc(C(=O)O)cc2)cc1. The van der Waals surface area contributed by atoms with Gasteiger partial charge >= 0.3 is 18.2 Å². The number of carbonyl (C=O) groups is 3. The first-order valence-electron chi connectivity index (χ1n) is 12.3. The van der Waals surface area contributed by atoms with Crippen LogP contribution in [0.25, 0.3) is 0 Å². The van der Waals surface area contributed by atoms with Crippen molar-refractivity contribution in [2.24, 2.45) is 5.41 Å². The summed E-state index contributed by atoms with van der Waals surface area (Å²) in [7, 11) is 0. The van der Waals surface area contributed by atoms with Gasteiger partial charge in [-0.15, -0.1) is 0 Å². The molecule has 2 fully saturated rings. The van der Waals surface area contributed by atoms with E-state index in [1.165, 1.54) is 24.3 Å². The lowest BCUT2D eigenvalue weighted by Crippen LogP contribution is -2.41. The number of anilines is 1. The molecular formula is C28H31N3O6. The minimum Gasteiger partial charge on any atom is -0.478 e. The Balaban J connectivity index is 1.31. The molecule has 9 nitrogen and oxygen atoms in total. The molecule has 9 heteroatoms. The predicted octanol–water partition coefficient (Wildman–Crippen LogP) is 5.53. The van der Waals surface area contributed by atoms with Gasteiger partial charge in [-0.05, 0) is 75.4 Å². The second-order valence-corrected chi connectivity index (χ2v) is 10.7. The zero-order valence-electron chi connectivity index (χ0n) is 21.2. The number of nitriles is 1. The van der Waals surface area contributed by atoms with Gasteiger partial charge in [0.25, 0.3) is 0 Å².